The molecule has 2 aromatic carbocycles. The highest BCUT2D eigenvalue weighted by molar-refractivity contribution is 5.83. The Kier molecular flexibility index (Phi) is 8.62. The SMILES string of the molecule is CCN(CC)c1ccc(C=NNC(=O)CN2CCN(Cc3ccc(C)cc3)CC2)cc1. The minimum absolute atomic E-state index is 0.0667. The first-order chi connectivity index (χ1) is 15.1. The highest BCUT2D eigenvalue weighted by Gasteiger charge is 2.18. The van der Waals surface area contributed by atoms with Crippen LogP contribution in [0.1, 0.15) is 30.5 Å². The van der Waals surface area contributed by atoms with E-state index >= 15 is 0 Å². The van der Waals surface area contributed by atoms with E-state index in [9.17, 15) is 4.79 Å². The van der Waals surface area contributed by atoms with Crippen LogP contribution in [0.15, 0.2) is 53.6 Å². The van der Waals surface area contributed by atoms with Crippen LogP contribution in [0.25, 0.3) is 0 Å². The highest BCUT2D eigenvalue weighted by atomic mass is 16.2. The topological polar surface area (TPSA) is 51.2 Å². The van der Waals surface area contributed by atoms with Crippen molar-refractivity contribution in [2.45, 2.75) is 27.3 Å². The molecule has 0 saturated carbocycles. The molecule has 1 aliphatic rings. The van der Waals surface area contributed by atoms with Crippen molar-refractivity contribution in [3.63, 3.8) is 0 Å². The van der Waals surface area contributed by atoms with Crippen LogP contribution in [-0.2, 0) is 11.3 Å². The lowest BCUT2D eigenvalue weighted by Gasteiger charge is -2.34. The van der Waals surface area contributed by atoms with Gasteiger partial charge in [0.15, 0.2) is 0 Å². The van der Waals surface area contributed by atoms with Crippen molar-refractivity contribution in [1.29, 1.82) is 0 Å². The monoisotopic (exact) mass is 421 g/mol. The maximum absolute atomic E-state index is 12.2. The number of amides is 1. The molecule has 3 rings (SSSR count). The zero-order valence-corrected chi connectivity index (χ0v) is 19.1. The predicted molar refractivity (Wildman–Crippen MR) is 129 cm³/mol. The Labute approximate surface area is 186 Å². The van der Waals surface area contributed by atoms with Gasteiger partial charge >= 0.3 is 0 Å². The number of nitrogens with zero attached hydrogens (tertiary/aromatic N) is 4. The van der Waals surface area contributed by atoms with Gasteiger partial charge in [0.2, 0.25) is 0 Å². The number of rotatable bonds is 9. The van der Waals surface area contributed by atoms with Crippen molar-refractivity contribution in [3.8, 4) is 0 Å². The summed E-state index contributed by atoms with van der Waals surface area (Å²) in [4.78, 5) is 19.2. The van der Waals surface area contributed by atoms with Crippen LogP contribution in [0.2, 0.25) is 0 Å². The molecule has 0 aliphatic carbocycles. The first-order valence-electron chi connectivity index (χ1n) is 11.2. The summed E-state index contributed by atoms with van der Waals surface area (Å²) in [5, 5.41) is 4.12. The van der Waals surface area contributed by atoms with E-state index in [2.05, 4.69) is 82.4 Å². The fraction of sp³-hybridized carbons (Fsp3) is 0.440. The molecule has 1 saturated heterocycles. The molecule has 0 spiro atoms. The lowest BCUT2D eigenvalue weighted by molar-refractivity contribution is -0.122. The molecule has 0 bridgehead atoms. The molecule has 31 heavy (non-hydrogen) atoms. The molecule has 6 heteroatoms. The van der Waals surface area contributed by atoms with Gasteiger partial charge in [-0.3, -0.25) is 14.6 Å². The van der Waals surface area contributed by atoms with Crippen molar-refractivity contribution in [3.05, 3.63) is 65.2 Å². The van der Waals surface area contributed by atoms with E-state index in [1.54, 1.807) is 6.21 Å². The number of carbonyl (C=O) groups excluding carboxylic acids is 1. The average Bonchev–Trinajstić information content (AvgIpc) is 2.78. The largest absolute Gasteiger partial charge is 0.372 e. The lowest BCUT2D eigenvalue weighted by Crippen LogP contribution is -2.48. The minimum atomic E-state index is -0.0667. The predicted octanol–water partition coefficient (Wildman–Crippen LogP) is 3.11. The number of anilines is 1. The summed E-state index contributed by atoms with van der Waals surface area (Å²) in [6.45, 7) is 13.5. The fourth-order valence-corrected chi connectivity index (χ4v) is 3.83. The normalized spacial score (nSPS) is 15.3. The Morgan fingerprint density at radius 2 is 1.58 bits per heavy atom. The zero-order chi connectivity index (χ0) is 22.1. The third-order valence-corrected chi connectivity index (χ3v) is 5.78. The van der Waals surface area contributed by atoms with Gasteiger partial charge in [0, 0.05) is 51.5 Å². The van der Waals surface area contributed by atoms with Crippen molar-refractivity contribution in [1.82, 2.24) is 15.2 Å². The molecule has 1 N–H and O–H groups in total. The van der Waals surface area contributed by atoms with E-state index < -0.39 is 0 Å². The van der Waals surface area contributed by atoms with E-state index in [-0.39, 0.29) is 5.91 Å². The standard InChI is InChI=1S/C25H35N5O/c1-4-30(5-2)24-12-10-22(11-13-24)18-26-27-25(31)20-29-16-14-28(15-17-29)19-23-8-6-21(3)7-9-23/h6-13,18H,4-5,14-17,19-20H2,1-3H3,(H,27,31). The Morgan fingerprint density at radius 1 is 0.968 bits per heavy atom. The molecule has 1 fully saturated rings. The van der Waals surface area contributed by atoms with Crippen LogP contribution in [0.3, 0.4) is 0 Å². The number of aryl methyl sites for hydroxylation is 1. The average molecular weight is 422 g/mol. The fourth-order valence-electron chi connectivity index (χ4n) is 3.83. The molecule has 1 amide bonds. The van der Waals surface area contributed by atoms with Gasteiger partial charge in [0.05, 0.1) is 12.8 Å². The zero-order valence-electron chi connectivity index (χ0n) is 19.1. The summed E-state index contributed by atoms with van der Waals surface area (Å²) in [7, 11) is 0. The second-order valence-electron chi connectivity index (χ2n) is 8.09. The number of carbonyl (C=O) groups is 1. The van der Waals surface area contributed by atoms with Crippen LogP contribution in [0, 0.1) is 6.92 Å². The van der Waals surface area contributed by atoms with E-state index in [4.69, 9.17) is 0 Å². The Hall–Kier alpha value is -2.70. The van der Waals surface area contributed by atoms with Gasteiger partial charge in [-0.05, 0) is 44.0 Å². The Bertz CT molecular complexity index is 835. The molecule has 0 aromatic heterocycles. The summed E-state index contributed by atoms with van der Waals surface area (Å²) in [5.41, 5.74) is 7.47. The second-order valence-corrected chi connectivity index (χ2v) is 8.09. The molecule has 0 atom stereocenters. The molecule has 0 unspecified atom stereocenters. The van der Waals surface area contributed by atoms with Crippen molar-refractivity contribution in [2.24, 2.45) is 5.10 Å². The van der Waals surface area contributed by atoms with Gasteiger partial charge in [-0.25, -0.2) is 5.43 Å². The third-order valence-electron chi connectivity index (χ3n) is 5.78. The van der Waals surface area contributed by atoms with E-state index in [0.29, 0.717) is 6.54 Å². The minimum Gasteiger partial charge on any atom is -0.372 e. The van der Waals surface area contributed by atoms with Crippen molar-refractivity contribution in [2.75, 3.05) is 50.7 Å². The van der Waals surface area contributed by atoms with Gasteiger partial charge in [-0.15, -0.1) is 0 Å². The van der Waals surface area contributed by atoms with Crippen LogP contribution < -0.4 is 10.3 Å². The second kappa shape index (κ2) is 11.6. The molecular formula is C25H35N5O. The number of hydrogen-bond donors (Lipinski definition) is 1. The van der Waals surface area contributed by atoms with Crippen molar-refractivity contribution < 1.29 is 4.79 Å². The Morgan fingerprint density at radius 3 is 2.19 bits per heavy atom. The van der Waals surface area contributed by atoms with Gasteiger partial charge in [0.1, 0.15) is 0 Å². The third kappa shape index (κ3) is 7.19. The molecule has 0 radical (unpaired) electrons. The molecule has 2 aromatic rings. The molecule has 1 aliphatic heterocycles. The number of piperazine rings is 1. The van der Waals surface area contributed by atoms with Gasteiger partial charge in [-0.2, -0.15) is 5.10 Å². The van der Waals surface area contributed by atoms with Crippen molar-refractivity contribution >= 4 is 17.8 Å². The highest BCUT2D eigenvalue weighted by Crippen LogP contribution is 2.14. The van der Waals surface area contributed by atoms with Crippen LogP contribution in [-0.4, -0.2) is 67.7 Å². The number of benzene rings is 2. The maximum Gasteiger partial charge on any atom is 0.254 e. The number of nitrogens with one attached hydrogen (secondary N) is 1. The smallest absolute Gasteiger partial charge is 0.254 e. The number of hydrazone groups is 1. The Balaban J connectivity index is 1.38. The maximum atomic E-state index is 12.2. The lowest BCUT2D eigenvalue weighted by atomic mass is 10.1. The first-order valence-corrected chi connectivity index (χ1v) is 11.2. The summed E-state index contributed by atoms with van der Waals surface area (Å²) < 4.78 is 0. The summed E-state index contributed by atoms with van der Waals surface area (Å²) in [6, 6.07) is 17.0. The first kappa shape index (κ1) is 23.0. The van der Waals surface area contributed by atoms with Gasteiger partial charge in [0.25, 0.3) is 5.91 Å². The van der Waals surface area contributed by atoms with E-state index in [1.807, 2.05) is 12.1 Å². The molecule has 166 valence electrons. The van der Waals surface area contributed by atoms with Crippen LogP contribution >= 0.6 is 0 Å². The van der Waals surface area contributed by atoms with Crippen LogP contribution in [0.5, 0.6) is 0 Å². The summed E-state index contributed by atoms with van der Waals surface area (Å²) >= 11 is 0. The summed E-state index contributed by atoms with van der Waals surface area (Å²) in [6.07, 6.45) is 1.70. The van der Waals surface area contributed by atoms with Gasteiger partial charge < -0.3 is 4.90 Å². The summed E-state index contributed by atoms with van der Waals surface area (Å²) in [5.74, 6) is -0.0667. The van der Waals surface area contributed by atoms with Crippen LogP contribution in [0.4, 0.5) is 5.69 Å². The molecular weight excluding hydrogens is 386 g/mol. The van der Waals surface area contributed by atoms with E-state index in [0.717, 1.165) is 51.4 Å². The molecule has 1 heterocycles. The van der Waals surface area contributed by atoms with Gasteiger partial charge in [-0.1, -0.05) is 42.0 Å². The molecule has 6 nitrogen and oxygen atoms in total. The van der Waals surface area contributed by atoms with E-state index in [1.165, 1.54) is 16.8 Å². The quantitative estimate of drug-likeness (QED) is 0.499. The number of hydrogen-bond acceptors (Lipinski definition) is 5.